The maximum absolute atomic E-state index is 12.5. The van der Waals surface area contributed by atoms with E-state index >= 15 is 0 Å². The minimum atomic E-state index is -0.583. The summed E-state index contributed by atoms with van der Waals surface area (Å²) in [6.45, 7) is 5.43. The molecule has 0 spiro atoms. The van der Waals surface area contributed by atoms with E-state index in [4.69, 9.17) is 9.47 Å². The molecular weight excluding hydrogens is 386 g/mol. The molecule has 5 nitrogen and oxygen atoms in total. The molecule has 1 unspecified atom stereocenters. The standard InChI is InChI=1S/C19H22BrNO4/c1-19(2,3)25-18(23)21-11-24-17(22)15-10-13(7-8-16(15)21)12-5-4-6-14(20)9-12/h4-7,9,15-16H,8,10-11H2,1-3H3/t15-,16?/m0/s1. The Kier molecular flexibility index (Phi) is 4.91. The molecule has 1 aliphatic carbocycles. The SMILES string of the molecule is CC(C)(C)OC(=O)N1COC(=O)[C@H]2CC(c3cccc(Br)c3)=CCC21. The first-order chi connectivity index (χ1) is 11.7. The molecule has 1 aromatic rings. The molecular formula is C19H22BrNO4. The third kappa shape index (κ3) is 4.06. The number of cyclic esters (lactones) is 1. The molecule has 134 valence electrons. The van der Waals surface area contributed by atoms with E-state index in [0.29, 0.717) is 12.8 Å². The highest BCUT2D eigenvalue weighted by atomic mass is 79.9. The van der Waals surface area contributed by atoms with Crippen molar-refractivity contribution in [2.75, 3.05) is 6.73 Å². The number of carbonyl (C=O) groups is 2. The maximum atomic E-state index is 12.5. The van der Waals surface area contributed by atoms with Crippen molar-refractivity contribution in [2.45, 2.75) is 45.3 Å². The first-order valence-corrected chi connectivity index (χ1v) is 9.15. The number of rotatable bonds is 1. The van der Waals surface area contributed by atoms with Crippen LogP contribution >= 0.6 is 15.9 Å². The van der Waals surface area contributed by atoms with Crippen LogP contribution in [0.4, 0.5) is 4.79 Å². The second-order valence-corrected chi connectivity index (χ2v) is 8.31. The fraction of sp³-hybridized carbons (Fsp3) is 0.474. The van der Waals surface area contributed by atoms with E-state index in [1.54, 1.807) is 0 Å². The summed E-state index contributed by atoms with van der Waals surface area (Å²) < 4.78 is 11.7. The van der Waals surface area contributed by atoms with Crippen molar-refractivity contribution >= 4 is 33.6 Å². The normalized spacial score (nSPS) is 23.4. The van der Waals surface area contributed by atoms with Crippen molar-refractivity contribution in [1.29, 1.82) is 0 Å². The topological polar surface area (TPSA) is 55.8 Å². The summed E-state index contributed by atoms with van der Waals surface area (Å²) in [4.78, 5) is 26.3. The largest absolute Gasteiger partial charge is 0.444 e. The number of halogens is 1. The van der Waals surface area contributed by atoms with Crippen LogP contribution in [0.5, 0.6) is 0 Å². The van der Waals surface area contributed by atoms with Gasteiger partial charge in [0.1, 0.15) is 5.60 Å². The lowest BCUT2D eigenvalue weighted by Crippen LogP contribution is -2.55. The zero-order valence-electron chi connectivity index (χ0n) is 14.6. The lowest BCUT2D eigenvalue weighted by Gasteiger charge is -2.42. The van der Waals surface area contributed by atoms with Crippen molar-refractivity contribution in [1.82, 2.24) is 4.90 Å². The summed E-state index contributed by atoms with van der Waals surface area (Å²) >= 11 is 3.48. The Morgan fingerprint density at radius 1 is 1.36 bits per heavy atom. The summed E-state index contributed by atoms with van der Waals surface area (Å²) in [5.74, 6) is -0.606. The average Bonchev–Trinajstić information content (AvgIpc) is 2.53. The third-order valence-electron chi connectivity index (χ3n) is 4.38. The number of hydrogen-bond acceptors (Lipinski definition) is 4. The van der Waals surface area contributed by atoms with Crippen LogP contribution in [0.3, 0.4) is 0 Å². The van der Waals surface area contributed by atoms with Gasteiger partial charge in [0.2, 0.25) is 0 Å². The number of benzene rings is 1. The summed E-state index contributed by atoms with van der Waals surface area (Å²) in [6.07, 6.45) is 2.84. The van der Waals surface area contributed by atoms with Gasteiger partial charge in [0, 0.05) is 4.47 Å². The maximum Gasteiger partial charge on any atom is 0.413 e. The molecule has 2 atom stereocenters. The molecule has 1 aromatic carbocycles. The van der Waals surface area contributed by atoms with Gasteiger partial charge in [0.25, 0.3) is 0 Å². The second-order valence-electron chi connectivity index (χ2n) is 7.40. The van der Waals surface area contributed by atoms with Gasteiger partial charge in [-0.2, -0.15) is 0 Å². The fourth-order valence-electron chi connectivity index (χ4n) is 3.24. The summed E-state index contributed by atoms with van der Waals surface area (Å²) in [5.41, 5.74) is 1.60. The quantitative estimate of drug-likeness (QED) is 0.648. The first-order valence-electron chi connectivity index (χ1n) is 8.36. The van der Waals surface area contributed by atoms with E-state index in [1.807, 2.05) is 45.0 Å². The molecule has 6 heteroatoms. The highest BCUT2D eigenvalue weighted by Gasteiger charge is 2.44. The summed E-state index contributed by atoms with van der Waals surface area (Å²) in [5, 5.41) is 0. The van der Waals surface area contributed by atoms with Crippen LogP contribution < -0.4 is 0 Å². The summed E-state index contributed by atoms with van der Waals surface area (Å²) in [6, 6.07) is 7.78. The zero-order valence-corrected chi connectivity index (χ0v) is 16.2. The van der Waals surface area contributed by atoms with Gasteiger partial charge in [-0.15, -0.1) is 0 Å². The van der Waals surface area contributed by atoms with E-state index in [1.165, 1.54) is 4.90 Å². The number of amides is 1. The van der Waals surface area contributed by atoms with Crippen molar-refractivity contribution in [3.05, 3.63) is 40.4 Å². The van der Waals surface area contributed by atoms with Gasteiger partial charge >= 0.3 is 12.1 Å². The minimum Gasteiger partial charge on any atom is -0.444 e. The Morgan fingerprint density at radius 2 is 2.12 bits per heavy atom. The molecule has 1 heterocycles. The van der Waals surface area contributed by atoms with Gasteiger partial charge < -0.3 is 9.47 Å². The van der Waals surface area contributed by atoms with Gasteiger partial charge in [0.05, 0.1) is 12.0 Å². The fourth-order valence-corrected chi connectivity index (χ4v) is 3.64. The Hall–Kier alpha value is -1.82. The Morgan fingerprint density at radius 3 is 2.80 bits per heavy atom. The molecule has 3 rings (SSSR count). The van der Waals surface area contributed by atoms with Crippen molar-refractivity contribution in [3.8, 4) is 0 Å². The van der Waals surface area contributed by atoms with Crippen LogP contribution in [0.2, 0.25) is 0 Å². The smallest absolute Gasteiger partial charge is 0.413 e. The number of nitrogens with zero attached hydrogens (tertiary/aromatic N) is 1. The molecule has 1 aliphatic heterocycles. The van der Waals surface area contributed by atoms with Gasteiger partial charge in [-0.1, -0.05) is 34.1 Å². The van der Waals surface area contributed by atoms with Crippen LogP contribution in [0.25, 0.3) is 5.57 Å². The predicted molar refractivity (Wildman–Crippen MR) is 97.7 cm³/mol. The number of esters is 1. The number of ether oxygens (including phenoxy) is 2. The van der Waals surface area contributed by atoms with E-state index in [2.05, 4.69) is 22.0 Å². The van der Waals surface area contributed by atoms with E-state index in [9.17, 15) is 9.59 Å². The van der Waals surface area contributed by atoms with Crippen molar-refractivity contribution < 1.29 is 19.1 Å². The number of allylic oxidation sites excluding steroid dienone is 1. The Balaban J connectivity index is 1.82. The average molecular weight is 408 g/mol. The molecule has 1 fully saturated rings. The van der Waals surface area contributed by atoms with Crippen LogP contribution in [0, 0.1) is 5.92 Å². The molecule has 1 amide bonds. The number of fused-ring (bicyclic) bond motifs is 1. The minimum absolute atomic E-state index is 0.0467. The highest BCUT2D eigenvalue weighted by molar-refractivity contribution is 9.10. The van der Waals surface area contributed by atoms with Crippen molar-refractivity contribution in [3.63, 3.8) is 0 Å². The van der Waals surface area contributed by atoms with Gasteiger partial charge in [-0.25, -0.2) is 4.79 Å². The molecule has 1 saturated heterocycles. The highest BCUT2D eigenvalue weighted by Crippen LogP contribution is 2.37. The molecule has 0 aromatic heterocycles. The van der Waals surface area contributed by atoms with Gasteiger partial charge in [-0.05, 0) is 56.9 Å². The molecule has 0 saturated carbocycles. The molecule has 0 N–H and O–H groups in total. The molecule has 0 bridgehead atoms. The monoisotopic (exact) mass is 407 g/mol. The first kappa shape index (κ1) is 18.0. The van der Waals surface area contributed by atoms with E-state index < -0.39 is 11.7 Å². The van der Waals surface area contributed by atoms with E-state index in [0.717, 1.165) is 15.6 Å². The lowest BCUT2D eigenvalue weighted by molar-refractivity contribution is -0.167. The second kappa shape index (κ2) is 6.83. The summed E-state index contributed by atoms with van der Waals surface area (Å²) in [7, 11) is 0. The Bertz CT molecular complexity index is 722. The molecule has 0 radical (unpaired) electrons. The van der Waals surface area contributed by atoms with Crippen LogP contribution in [-0.4, -0.2) is 35.3 Å². The van der Waals surface area contributed by atoms with Gasteiger partial charge in [0.15, 0.2) is 6.73 Å². The van der Waals surface area contributed by atoms with Gasteiger partial charge in [-0.3, -0.25) is 9.69 Å². The van der Waals surface area contributed by atoms with Crippen LogP contribution in [0.1, 0.15) is 39.2 Å². The van der Waals surface area contributed by atoms with Crippen LogP contribution in [0.15, 0.2) is 34.8 Å². The Labute approximate surface area is 156 Å². The van der Waals surface area contributed by atoms with Crippen LogP contribution in [-0.2, 0) is 14.3 Å². The zero-order chi connectivity index (χ0) is 18.2. The molecule has 2 aliphatic rings. The lowest BCUT2D eigenvalue weighted by atomic mass is 9.81. The number of hydrogen-bond donors (Lipinski definition) is 0. The predicted octanol–water partition coefficient (Wildman–Crippen LogP) is 4.36. The van der Waals surface area contributed by atoms with Crippen molar-refractivity contribution in [2.24, 2.45) is 5.92 Å². The number of carbonyl (C=O) groups excluding carboxylic acids is 2. The molecule has 25 heavy (non-hydrogen) atoms. The third-order valence-corrected chi connectivity index (χ3v) is 4.88. The van der Waals surface area contributed by atoms with E-state index in [-0.39, 0.29) is 24.7 Å².